The molecule has 38 heavy (non-hydrogen) atoms. The Morgan fingerprint density at radius 3 is 2.66 bits per heavy atom. The number of carbonyl (C=O) groups is 1. The summed E-state index contributed by atoms with van der Waals surface area (Å²) < 4.78 is 37.9. The zero-order valence-corrected chi connectivity index (χ0v) is 21.1. The fourth-order valence-electron chi connectivity index (χ4n) is 6.05. The highest BCUT2D eigenvalue weighted by Crippen LogP contribution is 2.50. The van der Waals surface area contributed by atoms with E-state index in [1.165, 1.54) is 0 Å². The van der Waals surface area contributed by atoms with E-state index in [9.17, 15) is 18.0 Å². The molecular formula is C29H30F3N5O. The molecule has 6 rings (SSSR count). The first-order chi connectivity index (χ1) is 18.2. The van der Waals surface area contributed by atoms with Crippen molar-refractivity contribution < 1.29 is 18.0 Å². The van der Waals surface area contributed by atoms with Gasteiger partial charge in [0.1, 0.15) is 5.82 Å². The van der Waals surface area contributed by atoms with Crippen molar-refractivity contribution in [2.75, 3.05) is 36.8 Å². The fraction of sp³-hybridized carbons (Fsp3) is 0.379. The second-order valence-corrected chi connectivity index (χ2v) is 10.7. The molecule has 198 valence electrons. The molecule has 0 spiro atoms. The van der Waals surface area contributed by atoms with Crippen LogP contribution in [0.5, 0.6) is 0 Å². The molecule has 0 radical (unpaired) electrons. The van der Waals surface area contributed by atoms with Gasteiger partial charge in [-0.2, -0.15) is 13.2 Å². The van der Waals surface area contributed by atoms with Gasteiger partial charge in [0.2, 0.25) is 0 Å². The number of amides is 1. The third-order valence-corrected chi connectivity index (χ3v) is 8.10. The maximum atomic E-state index is 12.6. The highest BCUT2D eigenvalue weighted by Gasteiger charge is 2.52. The van der Waals surface area contributed by atoms with E-state index < -0.39 is 12.7 Å². The standard InChI is InChI=1S/C29H30F3N5O/c1-16-8-24-18(6-7-35-28(24)38)9-22(16)25-10-19(12-36-27(25)33)17-2-4-21(5-3-17)37-14-20-11-23(20)26(37)13-34-15-29(30,31)32/h2-5,8-10,12,20,23,26,34H,6-7,11,13-15H2,1H3,(H2,33,36)(H,35,38)/t20-,23?,26+/m0/s1. The molecule has 9 heteroatoms. The molecule has 1 saturated heterocycles. The highest BCUT2D eigenvalue weighted by molar-refractivity contribution is 5.98. The second-order valence-electron chi connectivity index (χ2n) is 10.7. The zero-order valence-electron chi connectivity index (χ0n) is 21.1. The van der Waals surface area contributed by atoms with Crippen molar-refractivity contribution in [1.82, 2.24) is 15.6 Å². The maximum Gasteiger partial charge on any atom is 0.401 e. The summed E-state index contributed by atoms with van der Waals surface area (Å²) in [4.78, 5) is 19.0. The molecule has 0 bridgehead atoms. The van der Waals surface area contributed by atoms with Crippen molar-refractivity contribution in [3.05, 3.63) is 65.4 Å². The summed E-state index contributed by atoms with van der Waals surface area (Å²) in [6, 6.07) is 14.2. The van der Waals surface area contributed by atoms with Crippen LogP contribution in [0.4, 0.5) is 24.7 Å². The molecule has 2 aromatic carbocycles. The number of nitrogens with one attached hydrogen (secondary N) is 2. The van der Waals surface area contributed by atoms with E-state index in [1.807, 2.05) is 43.3 Å². The SMILES string of the molecule is Cc1cc2c(cc1-c1cc(-c3ccc(N4C[C@@H]5CC5[C@H]4CNCC(F)(F)F)cc3)cnc1N)CCNC2=O. The van der Waals surface area contributed by atoms with Crippen molar-refractivity contribution in [2.24, 2.45) is 11.8 Å². The predicted octanol–water partition coefficient (Wildman–Crippen LogP) is 4.57. The summed E-state index contributed by atoms with van der Waals surface area (Å²) in [5, 5.41) is 5.49. The van der Waals surface area contributed by atoms with Gasteiger partial charge >= 0.3 is 6.18 Å². The number of halogens is 3. The van der Waals surface area contributed by atoms with Crippen LogP contribution in [0.2, 0.25) is 0 Å². The van der Waals surface area contributed by atoms with Crippen LogP contribution in [0.25, 0.3) is 22.3 Å². The normalized spacial score (nSPS) is 22.2. The van der Waals surface area contributed by atoms with Gasteiger partial charge in [-0.1, -0.05) is 12.1 Å². The van der Waals surface area contributed by atoms with Crippen LogP contribution in [-0.4, -0.2) is 49.3 Å². The number of benzene rings is 2. The van der Waals surface area contributed by atoms with Gasteiger partial charge in [-0.25, -0.2) is 4.98 Å². The van der Waals surface area contributed by atoms with Crippen LogP contribution < -0.4 is 21.3 Å². The summed E-state index contributed by atoms with van der Waals surface area (Å²) in [7, 11) is 0. The first kappa shape index (κ1) is 24.7. The lowest BCUT2D eigenvalue weighted by Gasteiger charge is -2.30. The highest BCUT2D eigenvalue weighted by atomic mass is 19.4. The van der Waals surface area contributed by atoms with E-state index in [0.717, 1.165) is 58.5 Å². The smallest absolute Gasteiger partial charge is 0.383 e. The zero-order chi connectivity index (χ0) is 26.6. The number of aryl methyl sites for hydroxylation is 1. The second kappa shape index (κ2) is 9.31. The predicted molar refractivity (Wildman–Crippen MR) is 142 cm³/mol. The Morgan fingerprint density at radius 2 is 1.89 bits per heavy atom. The Balaban J connectivity index is 1.24. The minimum atomic E-state index is -4.20. The maximum absolute atomic E-state index is 12.6. The van der Waals surface area contributed by atoms with Crippen molar-refractivity contribution in [3.63, 3.8) is 0 Å². The third-order valence-electron chi connectivity index (χ3n) is 8.10. The number of nitrogens with zero attached hydrogens (tertiary/aromatic N) is 2. The number of aromatic nitrogens is 1. The molecule has 1 aromatic heterocycles. The van der Waals surface area contributed by atoms with Crippen molar-refractivity contribution >= 4 is 17.4 Å². The largest absolute Gasteiger partial charge is 0.401 e. The van der Waals surface area contributed by atoms with Crippen LogP contribution >= 0.6 is 0 Å². The van der Waals surface area contributed by atoms with Gasteiger partial charge < -0.3 is 21.3 Å². The van der Waals surface area contributed by atoms with Crippen LogP contribution in [0.1, 0.15) is 27.9 Å². The molecule has 2 fully saturated rings. The minimum Gasteiger partial charge on any atom is -0.383 e. The Bertz CT molecular complexity index is 1390. The number of alkyl halides is 3. The average Bonchev–Trinajstić information content (AvgIpc) is 3.57. The Kier molecular flexibility index (Phi) is 6.06. The topological polar surface area (TPSA) is 83.3 Å². The number of piperidine rings is 1. The molecule has 1 saturated carbocycles. The van der Waals surface area contributed by atoms with Gasteiger partial charge in [-0.15, -0.1) is 0 Å². The Morgan fingerprint density at radius 1 is 1.11 bits per heavy atom. The van der Waals surface area contributed by atoms with E-state index in [1.54, 1.807) is 6.20 Å². The number of hydrogen-bond donors (Lipinski definition) is 3. The molecule has 1 unspecified atom stereocenters. The van der Waals surface area contributed by atoms with Gasteiger partial charge in [0, 0.05) is 54.3 Å². The number of rotatable bonds is 6. The average molecular weight is 522 g/mol. The summed E-state index contributed by atoms with van der Waals surface area (Å²) >= 11 is 0. The van der Waals surface area contributed by atoms with Crippen LogP contribution in [-0.2, 0) is 6.42 Å². The third kappa shape index (κ3) is 4.71. The lowest BCUT2D eigenvalue weighted by molar-refractivity contribution is -0.124. The quantitative estimate of drug-likeness (QED) is 0.443. The molecule has 3 aliphatic rings. The Labute approximate surface area is 219 Å². The summed E-state index contributed by atoms with van der Waals surface area (Å²) in [5.41, 5.74) is 13.7. The molecule has 1 amide bonds. The van der Waals surface area contributed by atoms with Crippen molar-refractivity contribution in [3.8, 4) is 22.3 Å². The monoisotopic (exact) mass is 521 g/mol. The fourth-order valence-corrected chi connectivity index (χ4v) is 6.05. The number of hydrogen-bond acceptors (Lipinski definition) is 5. The van der Waals surface area contributed by atoms with Crippen LogP contribution in [0, 0.1) is 18.8 Å². The Hall–Kier alpha value is -3.59. The molecule has 1 aliphatic carbocycles. The number of carbonyl (C=O) groups excluding carboxylic acids is 1. The number of pyridine rings is 1. The molecule has 3 aromatic rings. The van der Waals surface area contributed by atoms with Crippen molar-refractivity contribution in [1.29, 1.82) is 0 Å². The van der Waals surface area contributed by atoms with Gasteiger partial charge in [-0.3, -0.25) is 4.79 Å². The van der Waals surface area contributed by atoms with Gasteiger partial charge in [0.25, 0.3) is 5.91 Å². The number of fused-ring (bicyclic) bond motifs is 2. The van der Waals surface area contributed by atoms with Gasteiger partial charge in [0.15, 0.2) is 0 Å². The first-order valence-corrected chi connectivity index (χ1v) is 13.0. The lowest BCUT2D eigenvalue weighted by atomic mass is 9.90. The molecule has 2 aliphatic heterocycles. The lowest BCUT2D eigenvalue weighted by Crippen LogP contribution is -2.43. The molecule has 3 heterocycles. The molecule has 3 atom stereocenters. The summed E-state index contributed by atoms with van der Waals surface area (Å²) in [5.74, 6) is 1.42. The van der Waals surface area contributed by atoms with E-state index in [2.05, 4.69) is 26.6 Å². The number of nitrogens with two attached hydrogens (primary N) is 1. The van der Waals surface area contributed by atoms with E-state index in [-0.39, 0.29) is 11.9 Å². The summed E-state index contributed by atoms with van der Waals surface area (Å²) in [6.45, 7) is 2.84. The van der Waals surface area contributed by atoms with E-state index in [0.29, 0.717) is 36.3 Å². The first-order valence-electron chi connectivity index (χ1n) is 13.0. The van der Waals surface area contributed by atoms with Crippen molar-refractivity contribution in [2.45, 2.75) is 32.0 Å². The minimum absolute atomic E-state index is 0.0467. The number of nitrogen functional groups attached to an aromatic ring is 1. The molecular weight excluding hydrogens is 491 g/mol. The molecule has 6 nitrogen and oxygen atoms in total. The van der Waals surface area contributed by atoms with E-state index in [4.69, 9.17) is 5.73 Å². The van der Waals surface area contributed by atoms with Crippen LogP contribution in [0.3, 0.4) is 0 Å². The number of anilines is 2. The van der Waals surface area contributed by atoms with Gasteiger partial charge in [0.05, 0.1) is 6.54 Å². The molecule has 4 N–H and O–H groups in total. The van der Waals surface area contributed by atoms with Crippen LogP contribution in [0.15, 0.2) is 48.7 Å². The van der Waals surface area contributed by atoms with E-state index >= 15 is 0 Å². The van der Waals surface area contributed by atoms with Gasteiger partial charge in [-0.05, 0) is 84.2 Å². The summed E-state index contributed by atoms with van der Waals surface area (Å²) in [6.07, 6.45) is -0.580.